The molecule has 1 fully saturated rings. The number of ether oxygens (including phenoxy) is 2. The zero-order valence-corrected chi connectivity index (χ0v) is 10.9. The molecule has 0 bridgehead atoms. The minimum atomic E-state index is 0.327. The van der Waals surface area contributed by atoms with E-state index in [0.717, 1.165) is 45.8 Å². The fourth-order valence-corrected chi connectivity index (χ4v) is 1.88. The molecule has 0 aromatic carbocycles. The Balaban J connectivity index is 2.15. The van der Waals surface area contributed by atoms with E-state index >= 15 is 0 Å². The molecule has 1 N–H and O–H groups in total. The summed E-state index contributed by atoms with van der Waals surface area (Å²) in [5, 5.41) is 3.52. The number of hydrogen-bond donors (Lipinski definition) is 1. The van der Waals surface area contributed by atoms with Gasteiger partial charge in [-0.1, -0.05) is 0 Å². The van der Waals surface area contributed by atoms with E-state index in [2.05, 4.69) is 31.2 Å². The van der Waals surface area contributed by atoms with Crippen molar-refractivity contribution in [1.29, 1.82) is 0 Å². The van der Waals surface area contributed by atoms with Crippen molar-refractivity contribution in [1.82, 2.24) is 10.2 Å². The first-order valence-corrected chi connectivity index (χ1v) is 6.29. The standard InChI is InChI=1S/C12H26N2O2/c1-4-16-12(5-7-14(2)3)9-13-11-6-8-15-10-11/h11-13H,4-10H2,1-3H3. The van der Waals surface area contributed by atoms with Gasteiger partial charge in [-0.2, -0.15) is 0 Å². The first-order valence-electron chi connectivity index (χ1n) is 6.29. The van der Waals surface area contributed by atoms with E-state index in [1.165, 1.54) is 0 Å². The van der Waals surface area contributed by atoms with Crippen LogP contribution >= 0.6 is 0 Å². The van der Waals surface area contributed by atoms with Gasteiger partial charge in [0.2, 0.25) is 0 Å². The normalized spacial score (nSPS) is 22.9. The van der Waals surface area contributed by atoms with Crippen molar-refractivity contribution in [3.63, 3.8) is 0 Å². The van der Waals surface area contributed by atoms with E-state index in [9.17, 15) is 0 Å². The summed E-state index contributed by atoms with van der Waals surface area (Å²) in [4.78, 5) is 2.20. The van der Waals surface area contributed by atoms with Crippen molar-refractivity contribution in [2.75, 3.05) is 47.0 Å². The van der Waals surface area contributed by atoms with Crippen LogP contribution in [0.3, 0.4) is 0 Å². The highest BCUT2D eigenvalue weighted by Gasteiger charge is 2.17. The fraction of sp³-hybridized carbons (Fsp3) is 1.00. The predicted octanol–water partition coefficient (Wildman–Crippen LogP) is 0.722. The van der Waals surface area contributed by atoms with Crippen molar-refractivity contribution in [2.24, 2.45) is 0 Å². The third kappa shape index (κ3) is 5.80. The Morgan fingerprint density at radius 2 is 2.31 bits per heavy atom. The second-order valence-electron chi connectivity index (χ2n) is 4.64. The van der Waals surface area contributed by atoms with Crippen LogP contribution in [0, 0.1) is 0 Å². The Morgan fingerprint density at radius 1 is 1.50 bits per heavy atom. The molecule has 0 amide bonds. The van der Waals surface area contributed by atoms with Gasteiger partial charge in [0.25, 0.3) is 0 Å². The van der Waals surface area contributed by atoms with Gasteiger partial charge in [-0.3, -0.25) is 0 Å². The molecule has 0 spiro atoms. The van der Waals surface area contributed by atoms with Gasteiger partial charge in [0.05, 0.1) is 12.7 Å². The smallest absolute Gasteiger partial charge is 0.0711 e. The molecule has 2 unspecified atom stereocenters. The lowest BCUT2D eigenvalue weighted by atomic mass is 10.2. The lowest BCUT2D eigenvalue weighted by Gasteiger charge is -2.21. The summed E-state index contributed by atoms with van der Waals surface area (Å²) in [7, 11) is 4.20. The van der Waals surface area contributed by atoms with Crippen LogP contribution in [0.15, 0.2) is 0 Å². The molecule has 1 rings (SSSR count). The molecule has 1 saturated heterocycles. The van der Waals surface area contributed by atoms with Crippen LogP contribution in [0.2, 0.25) is 0 Å². The summed E-state index contributed by atoms with van der Waals surface area (Å²) in [6, 6.07) is 0.530. The van der Waals surface area contributed by atoms with Crippen LogP contribution in [0.1, 0.15) is 19.8 Å². The third-order valence-corrected chi connectivity index (χ3v) is 2.86. The summed E-state index contributed by atoms with van der Waals surface area (Å²) < 4.78 is 11.1. The van der Waals surface area contributed by atoms with Gasteiger partial charge in [0.15, 0.2) is 0 Å². The van der Waals surface area contributed by atoms with E-state index in [4.69, 9.17) is 9.47 Å². The molecule has 4 heteroatoms. The average molecular weight is 230 g/mol. The molecule has 0 aliphatic carbocycles. The maximum atomic E-state index is 5.72. The Labute approximate surface area is 99.3 Å². The first-order chi connectivity index (χ1) is 7.72. The maximum absolute atomic E-state index is 5.72. The van der Waals surface area contributed by atoms with Crippen LogP contribution in [0.25, 0.3) is 0 Å². The first kappa shape index (κ1) is 13.9. The Kier molecular flexibility index (Phi) is 6.96. The average Bonchev–Trinajstić information content (AvgIpc) is 2.75. The van der Waals surface area contributed by atoms with Crippen LogP contribution < -0.4 is 5.32 Å². The van der Waals surface area contributed by atoms with E-state index in [0.29, 0.717) is 12.1 Å². The fourth-order valence-electron chi connectivity index (χ4n) is 1.88. The molecule has 1 aliphatic heterocycles. The van der Waals surface area contributed by atoms with Crippen molar-refractivity contribution in [2.45, 2.75) is 31.9 Å². The van der Waals surface area contributed by atoms with Crippen molar-refractivity contribution < 1.29 is 9.47 Å². The van der Waals surface area contributed by atoms with E-state index in [1.807, 2.05) is 0 Å². The van der Waals surface area contributed by atoms with Gasteiger partial charge >= 0.3 is 0 Å². The van der Waals surface area contributed by atoms with E-state index in [-0.39, 0.29) is 0 Å². The molecule has 16 heavy (non-hydrogen) atoms. The van der Waals surface area contributed by atoms with Crippen molar-refractivity contribution in [3.8, 4) is 0 Å². The van der Waals surface area contributed by atoms with Crippen molar-refractivity contribution >= 4 is 0 Å². The second-order valence-corrected chi connectivity index (χ2v) is 4.64. The van der Waals surface area contributed by atoms with Crippen LogP contribution in [0.5, 0.6) is 0 Å². The molecule has 4 nitrogen and oxygen atoms in total. The monoisotopic (exact) mass is 230 g/mol. The highest BCUT2D eigenvalue weighted by molar-refractivity contribution is 4.74. The topological polar surface area (TPSA) is 33.7 Å². The Hall–Kier alpha value is -0.160. The highest BCUT2D eigenvalue weighted by atomic mass is 16.5. The minimum absolute atomic E-state index is 0.327. The molecule has 0 radical (unpaired) electrons. The molecule has 2 atom stereocenters. The lowest BCUT2D eigenvalue weighted by molar-refractivity contribution is 0.0495. The van der Waals surface area contributed by atoms with E-state index < -0.39 is 0 Å². The number of rotatable bonds is 8. The molecular formula is C12H26N2O2. The molecule has 0 aromatic rings. The molecule has 1 aliphatic rings. The SMILES string of the molecule is CCOC(CCN(C)C)CNC1CCOC1. The molecular weight excluding hydrogens is 204 g/mol. The van der Waals surface area contributed by atoms with Crippen molar-refractivity contribution in [3.05, 3.63) is 0 Å². The van der Waals surface area contributed by atoms with Gasteiger partial charge < -0.3 is 19.7 Å². The van der Waals surface area contributed by atoms with Crippen LogP contribution in [-0.4, -0.2) is 64.1 Å². The molecule has 0 aromatic heterocycles. The zero-order chi connectivity index (χ0) is 11.8. The summed E-state index contributed by atoms with van der Waals surface area (Å²) in [5.41, 5.74) is 0. The van der Waals surface area contributed by atoms with Crippen LogP contribution in [-0.2, 0) is 9.47 Å². The lowest BCUT2D eigenvalue weighted by Crippen LogP contribution is -2.38. The molecule has 96 valence electrons. The highest BCUT2D eigenvalue weighted by Crippen LogP contribution is 2.05. The summed E-state index contributed by atoms with van der Waals surface area (Å²) in [5.74, 6) is 0. The summed E-state index contributed by atoms with van der Waals surface area (Å²) in [6.45, 7) is 6.62. The van der Waals surface area contributed by atoms with Gasteiger partial charge in [-0.25, -0.2) is 0 Å². The second kappa shape index (κ2) is 8.01. The minimum Gasteiger partial charge on any atom is -0.380 e. The van der Waals surface area contributed by atoms with Crippen LogP contribution in [0.4, 0.5) is 0 Å². The van der Waals surface area contributed by atoms with Gasteiger partial charge in [0, 0.05) is 32.3 Å². The third-order valence-electron chi connectivity index (χ3n) is 2.86. The maximum Gasteiger partial charge on any atom is 0.0711 e. The summed E-state index contributed by atoms with van der Waals surface area (Å²) in [6.07, 6.45) is 2.54. The number of nitrogens with zero attached hydrogens (tertiary/aromatic N) is 1. The molecule has 0 saturated carbocycles. The van der Waals surface area contributed by atoms with Gasteiger partial charge in [-0.15, -0.1) is 0 Å². The van der Waals surface area contributed by atoms with Gasteiger partial charge in [-0.05, 0) is 33.9 Å². The van der Waals surface area contributed by atoms with Gasteiger partial charge in [0.1, 0.15) is 0 Å². The zero-order valence-electron chi connectivity index (χ0n) is 10.9. The largest absolute Gasteiger partial charge is 0.380 e. The predicted molar refractivity (Wildman–Crippen MR) is 65.8 cm³/mol. The Morgan fingerprint density at radius 3 is 2.88 bits per heavy atom. The quantitative estimate of drug-likeness (QED) is 0.666. The summed E-state index contributed by atoms with van der Waals surface area (Å²) >= 11 is 0. The Bertz CT molecular complexity index is 170. The number of nitrogens with one attached hydrogen (secondary N) is 1. The number of hydrogen-bond acceptors (Lipinski definition) is 4. The molecule has 1 heterocycles. The van der Waals surface area contributed by atoms with E-state index in [1.54, 1.807) is 0 Å².